The maximum atomic E-state index is 14.6. The summed E-state index contributed by atoms with van der Waals surface area (Å²) in [4.78, 5) is 4.17. The highest BCUT2D eigenvalue weighted by atomic mass is 19.4. The van der Waals surface area contributed by atoms with Gasteiger partial charge in [-0.05, 0) is 50.1 Å². The SMILES string of the molecule is CCN1CC[C@H](F)[C@@H](N2CCc3cc(-c4c(C)cc(C(F)(F)F)cc4O)nnc32)C1. The lowest BCUT2D eigenvalue weighted by Gasteiger charge is -2.39. The number of aromatic hydroxyl groups is 1. The standard InChI is InChI=1S/C21H24F4N4O/c1-3-28-6-5-15(22)17(11-28)29-7-4-13-9-16(26-27-20(13)29)19-12(2)8-14(10-18(19)30)21(23,24)25/h8-10,15,17,30H,3-7,11H2,1-2H3/t15-,17-/m0/s1. The molecule has 5 nitrogen and oxygen atoms in total. The summed E-state index contributed by atoms with van der Waals surface area (Å²) in [6.45, 7) is 6.40. The first-order valence-electron chi connectivity index (χ1n) is 10.1. The molecular weight excluding hydrogens is 400 g/mol. The van der Waals surface area contributed by atoms with E-state index in [4.69, 9.17) is 0 Å². The van der Waals surface area contributed by atoms with Crippen molar-refractivity contribution in [1.29, 1.82) is 0 Å². The predicted molar refractivity (Wildman–Crippen MR) is 105 cm³/mol. The molecule has 1 N–H and O–H groups in total. The molecule has 1 saturated heterocycles. The zero-order chi connectivity index (χ0) is 21.6. The van der Waals surface area contributed by atoms with Crippen molar-refractivity contribution in [3.8, 4) is 17.0 Å². The lowest BCUT2D eigenvalue weighted by atomic mass is 9.99. The Morgan fingerprint density at radius 2 is 1.93 bits per heavy atom. The number of halogens is 4. The largest absolute Gasteiger partial charge is 0.507 e. The van der Waals surface area contributed by atoms with E-state index in [2.05, 4.69) is 22.0 Å². The van der Waals surface area contributed by atoms with Crippen LogP contribution in [-0.4, -0.2) is 58.6 Å². The number of nitrogens with zero attached hydrogens (tertiary/aromatic N) is 4. The second-order valence-corrected chi connectivity index (χ2v) is 7.97. The Kier molecular flexibility index (Phi) is 5.34. The number of phenols is 1. The third-order valence-corrected chi connectivity index (χ3v) is 6.07. The number of anilines is 1. The molecule has 0 radical (unpaired) electrons. The zero-order valence-electron chi connectivity index (χ0n) is 16.9. The first-order valence-corrected chi connectivity index (χ1v) is 10.1. The third kappa shape index (κ3) is 3.71. The molecule has 4 rings (SSSR count). The number of alkyl halides is 4. The van der Waals surface area contributed by atoms with Gasteiger partial charge in [-0.1, -0.05) is 6.92 Å². The van der Waals surface area contributed by atoms with E-state index in [0.29, 0.717) is 43.5 Å². The Balaban J connectivity index is 1.65. The summed E-state index contributed by atoms with van der Waals surface area (Å²) in [7, 11) is 0. The highest BCUT2D eigenvalue weighted by Crippen LogP contribution is 2.40. The minimum absolute atomic E-state index is 0.231. The van der Waals surface area contributed by atoms with Gasteiger partial charge in [0.25, 0.3) is 0 Å². The van der Waals surface area contributed by atoms with Crippen molar-refractivity contribution in [1.82, 2.24) is 15.1 Å². The minimum Gasteiger partial charge on any atom is -0.507 e. The summed E-state index contributed by atoms with van der Waals surface area (Å²) in [5, 5.41) is 18.7. The van der Waals surface area contributed by atoms with E-state index in [0.717, 1.165) is 24.7 Å². The molecule has 2 aliphatic heterocycles. The van der Waals surface area contributed by atoms with Gasteiger partial charge in [-0.3, -0.25) is 0 Å². The Morgan fingerprint density at radius 1 is 1.17 bits per heavy atom. The van der Waals surface area contributed by atoms with Crippen LogP contribution in [0.5, 0.6) is 5.75 Å². The van der Waals surface area contributed by atoms with Crippen LogP contribution in [0.15, 0.2) is 18.2 Å². The first kappa shape index (κ1) is 20.8. The molecule has 3 heterocycles. The van der Waals surface area contributed by atoms with E-state index in [1.54, 1.807) is 6.07 Å². The average molecular weight is 424 g/mol. The lowest BCUT2D eigenvalue weighted by Crippen LogP contribution is -2.53. The number of aromatic nitrogens is 2. The third-order valence-electron chi connectivity index (χ3n) is 6.07. The van der Waals surface area contributed by atoms with Gasteiger partial charge in [-0.2, -0.15) is 13.2 Å². The van der Waals surface area contributed by atoms with Gasteiger partial charge < -0.3 is 14.9 Å². The normalized spacial score (nSPS) is 22.4. The van der Waals surface area contributed by atoms with Crippen LogP contribution in [0.1, 0.15) is 30.0 Å². The minimum atomic E-state index is -4.54. The van der Waals surface area contributed by atoms with Crippen molar-refractivity contribution in [3.05, 3.63) is 34.9 Å². The molecule has 9 heteroatoms. The molecule has 2 aromatic rings. The van der Waals surface area contributed by atoms with E-state index in [9.17, 15) is 22.7 Å². The first-order chi connectivity index (χ1) is 14.2. The summed E-state index contributed by atoms with van der Waals surface area (Å²) in [6, 6.07) is 3.15. The van der Waals surface area contributed by atoms with Crippen LogP contribution in [0.25, 0.3) is 11.3 Å². The zero-order valence-corrected chi connectivity index (χ0v) is 16.9. The van der Waals surface area contributed by atoms with E-state index < -0.39 is 23.7 Å². The lowest BCUT2D eigenvalue weighted by molar-refractivity contribution is -0.137. The van der Waals surface area contributed by atoms with E-state index in [1.165, 1.54) is 6.92 Å². The highest BCUT2D eigenvalue weighted by molar-refractivity contribution is 5.73. The Bertz CT molecular complexity index is 926. The van der Waals surface area contributed by atoms with Crippen LogP contribution in [0.2, 0.25) is 0 Å². The average Bonchev–Trinajstić information content (AvgIpc) is 3.10. The molecule has 1 aromatic carbocycles. The Hall–Kier alpha value is -2.42. The number of benzene rings is 1. The fourth-order valence-electron chi connectivity index (χ4n) is 4.46. The molecule has 0 bridgehead atoms. The number of piperidine rings is 1. The van der Waals surface area contributed by atoms with Crippen molar-refractivity contribution >= 4 is 5.82 Å². The summed E-state index contributed by atoms with van der Waals surface area (Å²) < 4.78 is 53.6. The quantitative estimate of drug-likeness (QED) is 0.756. The van der Waals surface area contributed by atoms with Crippen LogP contribution in [0, 0.1) is 6.92 Å². The van der Waals surface area contributed by atoms with Crippen LogP contribution in [-0.2, 0) is 12.6 Å². The molecule has 30 heavy (non-hydrogen) atoms. The van der Waals surface area contributed by atoms with Crippen molar-refractivity contribution in [2.24, 2.45) is 0 Å². The Morgan fingerprint density at radius 3 is 2.60 bits per heavy atom. The molecule has 0 spiro atoms. The summed E-state index contributed by atoms with van der Waals surface area (Å²) in [5.74, 6) is 0.134. The maximum Gasteiger partial charge on any atom is 0.416 e. The van der Waals surface area contributed by atoms with Gasteiger partial charge in [-0.25, -0.2) is 4.39 Å². The number of hydrogen-bond donors (Lipinski definition) is 1. The number of hydrogen-bond acceptors (Lipinski definition) is 5. The van der Waals surface area contributed by atoms with Crippen molar-refractivity contribution in [3.63, 3.8) is 0 Å². The van der Waals surface area contributed by atoms with E-state index in [1.807, 2.05) is 4.90 Å². The van der Waals surface area contributed by atoms with Crippen molar-refractivity contribution < 1.29 is 22.7 Å². The summed E-state index contributed by atoms with van der Waals surface area (Å²) in [5.41, 5.74) is 0.763. The molecule has 1 fully saturated rings. The van der Waals surface area contributed by atoms with Gasteiger partial charge in [0.1, 0.15) is 11.9 Å². The molecule has 1 aromatic heterocycles. The van der Waals surface area contributed by atoms with E-state index in [-0.39, 0.29) is 17.2 Å². The number of likely N-dealkylation sites (N-methyl/N-ethyl adjacent to an activating group) is 1. The summed E-state index contributed by atoms with van der Waals surface area (Å²) in [6.07, 6.45) is -4.36. The van der Waals surface area contributed by atoms with Gasteiger partial charge in [0.2, 0.25) is 0 Å². The number of phenolic OH excluding ortho intramolecular Hbond substituents is 1. The topological polar surface area (TPSA) is 52.5 Å². The van der Waals surface area contributed by atoms with Crippen LogP contribution >= 0.6 is 0 Å². The van der Waals surface area contributed by atoms with Crippen molar-refractivity contribution in [2.45, 2.75) is 45.1 Å². The molecule has 0 saturated carbocycles. The van der Waals surface area contributed by atoms with Gasteiger partial charge in [0.15, 0.2) is 5.82 Å². The number of aryl methyl sites for hydroxylation is 1. The molecule has 162 valence electrons. The number of likely N-dealkylation sites (tertiary alicyclic amines) is 1. The van der Waals surface area contributed by atoms with Crippen LogP contribution < -0.4 is 4.90 Å². The van der Waals surface area contributed by atoms with Gasteiger partial charge in [-0.15, -0.1) is 10.2 Å². The van der Waals surface area contributed by atoms with E-state index >= 15 is 0 Å². The second-order valence-electron chi connectivity index (χ2n) is 7.97. The van der Waals surface area contributed by atoms with Crippen LogP contribution in [0.3, 0.4) is 0 Å². The number of rotatable bonds is 3. The maximum absolute atomic E-state index is 14.6. The van der Waals surface area contributed by atoms with Gasteiger partial charge >= 0.3 is 6.18 Å². The monoisotopic (exact) mass is 424 g/mol. The predicted octanol–water partition coefficient (Wildman–Crippen LogP) is 3.97. The second kappa shape index (κ2) is 7.68. The van der Waals surface area contributed by atoms with Crippen molar-refractivity contribution in [2.75, 3.05) is 31.1 Å². The van der Waals surface area contributed by atoms with Gasteiger partial charge in [0, 0.05) is 30.8 Å². The highest BCUT2D eigenvalue weighted by Gasteiger charge is 2.37. The Labute approximate surface area is 172 Å². The molecule has 0 unspecified atom stereocenters. The molecule has 0 aliphatic carbocycles. The fraction of sp³-hybridized carbons (Fsp3) is 0.524. The molecule has 2 aliphatic rings. The number of fused-ring (bicyclic) bond motifs is 1. The summed E-state index contributed by atoms with van der Waals surface area (Å²) >= 11 is 0. The fourth-order valence-corrected chi connectivity index (χ4v) is 4.46. The molecule has 2 atom stereocenters. The van der Waals surface area contributed by atoms with Crippen LogP contribution in [0.4, 0.5) is 23.4 Å². The van der Waals surface area contributed by atoms with Gasteiger partial charge in [0.05, 0.1) is 17.3 Å². The molecular formula is C21H24F4N4O. The smallest absolute Gasteiger partial charge is 0.416 e. The molecule has 0 amide bonds.